The highest BCUT2D eigenvalue weighted by atomic mass is 35.5. The molecule has 1 aliphatic carbocycles. The second kappa shape index (κ2) is 5.09. The van der Waals surface area contributed by atoms with Gasteiger partial charge in [0.2, 0.25) is 0 Å². The van der Waals surface area contributed by atoms with Crippen LogP contribution in [-0.4, -0.2) is 22.5 Å². The number of benzene rings is 1. The van der Waals surface area contributed by atoms with E-state index in [1.165, 1.54) is 0 Å². The van der Waals surface area contributed by atoms with Crippen LogP contribution in [0.5, 0.6) is 0 Å². The Kier molecular flexibility index (Phi) is 3.66. The number of hydrogen-bond donors (Lipinski definition) is 3. The third-order valence-electron chi connectivity index (χ3n) is 3.45. The highest BCUT2D eigenvalue weighted by Gasteiger charge is 2.39. The number of primary amides is 1. The molecule has 0 aromatic heterocycles. The number of carboxylic acid groups (broad SMARTS) is 1. The number of aliphatic carboxylic acids is 1. The average Bonchev–Trinajstić information content (AvgIpc) is 2.25. The van der Waals surface area contributed by atoms with Gasteiger partial charge < -0.3 is 16.2 Å². The molecular formula is C13H15ClN2O3. The maximum atomic E-state index is 11.4. The van der Waals surface area contributed by atoms with Crippen molar-refractivity contribution in [1.82, 2.24) is 0 Å². The minimum absolute atomic E-state index is 0.0116. The first-order valence-electron chi connectivity index (χ1n) is 6.01. The van der Waals surface area contributed by atoms with Crippen LogP contribution in [0, 0.1) is 0 Å². The van der Waals surface area contributed by atoms with Crippen LogP contribution < -0.4 is 11.1 Å². The number of rotatable bonds is 5. The topological polar surface area (TPSA) is 92.4 Å². The zero-order valence-corrected chi connectivity index (χ0v) is 11.0. The van der Waals surface area contributed by atoms with Gasteiger partial charge in [-0.1, -0.05) is 11.6 Å². The normalized spacial score (nSPS) is 16.5. The molecule has 1 amide bonds. The molecule has 0 spiro atoms. The summed E-state index contributed by atoms with van der Waals surface area (Å²) in [6, 6.07) is 4.72. The van der Waals surface area contributed by atoms with E-state index in [-0.39, 0.29) is 6.42 Å². The van der Waals surface area contributed by atoms with E-state index >= 15 is 0 Å². The molecule has 19 heavy (non-hydrogen) atoms. The van der Waals surface area contributed by atoms with Gasteiger partial charge >= 0.3 is 5.97 Å². The van der Waals surface area contributed by atoms with E-state index < -0.39 is 17.4 Å². The lowest BCUT2D eigenvalue weighted by Gasteiger charge is -2.42. The molecule has 0 heterocycles. The van der Waals surface area contributed by atoms with E-state index in [0.717, 1.165) is 19.3 Å². The fourth-order valence-electron chi connectivity index (χ4n) is 2.36. The Morgan fingerprint density at radius 1 is 1.42 bits per heavy atom. The van der Waals surface area contributed by atoms with Crippen molar-refractivity contribution in [2.24, 2.45) is 5.73 Å². The highest BCUT2D eigenvalue weighted by Crippen LogP contribution is 2.39. The molecule has 4 N–H and O–H groups in total. The number of anilines is 1. The largest absolute Gasteiger partial charge is 0.481 e. The van der Waals surface area contributed by atoms with Crippen molar-refractivity contribution in [3.63, 3.8) is 0 Å². The standard InChI is InChI=1S/C13H15ClN2O3/c14-8-2-3-9(12(15)19)10(6-8)16-13(4-1-5-13)7-11(17)18/h2-3,6,16H,1,4-5,7H2,(H2,15,19)(H,17,18). The highest BCUT2D eigenvalue weighted by molar-refractivity contribution is 6.31. The van der Waals surface area contributed by atoms with E-state index in [1.54, 1.807) is 18.2 Å². The molecule has 6 heteroatoms. The average molecular weight is 283 g/mol. The predicted octanol–water partition coefficient (Wildman–Crippen LogP) is 2.25. The van der Waals surface area contributed by atoms with Crippen molar-refractivity contribution < 1.29 is 14.7 Å². The van der Waals surface area contributed by atoms with Crippen LogP contribution in [0.25, 0.3) is 0 Å². The quantitative estimate of drug-likeness (QED) is 0.772. The Morgan fingerprint density at radius 3 is 2.58 bits per heavy atom. The van der Waals surface area contributed by atoms with E-state index in [1.807, 2.05) is 0 Å². The van der Waals surface area contributed by atoms with Gasteiger partial charge in [-0.05, 0) is 37.5 Å². The number of carbonyl (C=O) groups excluding carboxylic acids is 1. The lowest BCUT2D eigenvalue weighted by atomic mass is 9.74. The van der Waals surface area contributed by atoms with Crippen molar-refractivity contribution in [3.05, 3.63) is 28.8 Å². The molecule has 0 saturated heterocycles. The molecule has 0 unspecified atom stereocenters. The van der Waals surface area contributed by atoms with Gasteiger partial charge in [-0.2, -0.15) is 0 Å². The van der Waals surface area contributed by atoms with Gasteiger partial charge in [-0.15, -0.1) is 0 Å². The molecule has 1 aliphatic rings. The number of hydrogen-bond acceptors (Lipinski definition) is 3. The Hall–Kier alpha value is -1.75. The van der Waals surface area contributed by atoms with Crippen LogP contribution in [0.15, 0.2) is 18.2 Å². The molecule has 1 saturated carbocycles. The lowest BCUT2D eigenvalue weighted by molar-refractivity contribution is -0.138. The van der Waals surface area contributed by atoms with E-state index in [9.17, 15) is 9.59 Å². The second-order valence-electron chi connectivity index (χ2n) is 4.88. The molecule has 0 bridgehead atoms. The van der Waals surface area contributed by atoms with Crippen LogP contribution in [0.2, 0.25) is 5.02 Å². The molecule has 0 atom stereocenters. The van der Waals surface area contributed by atoms with Crippen LogP contribution >= 0.6 is 11.6 Å². The van der Waals surface area contributed by atoms with Gasteiger partial charge in [-0.3, -0.25) is 9.59 Å². The minimum atomic E-state index is -0.866. The number of carboxylic acids is 1. The Balaban J connectivity index is 2.28. The van der Waals surface area contributed by atoms with Gasteiger partial charge in [0.05, 0.1) is 12.0 Å². The summed E-state index contributed by atoms with van der Waals surface area (Å²) in [5, 5.41) is 12.6. The Morgan fingerprint density at radius 2 is 2.11 bits per heavy atom. The summed E-state index contributed by atoms with van der Waals surface area (Å²) in [5.74, 6) is -1.43. The zero-order chi connectivity index (χ0) is 14.0. The predicted molar refractivity (Wildman–Crippen MR) is 72.4 cm³/mol. The summed E-state index contributed by atoms with van der Waals surface area (Å²) in [7, 11) is 0. The smallest absolute Gasteiger partial charge is 0.305 e. The maximum absolute atomic E-state index is 11.4. The van der Waals surface area contributed by atoms with Crippen LogP contribution in [0.4, 0.5) is 5.69 Å². The lowest BCUT2D eigenvalue weighted by Crippen LogP contribution is -2.47. The van der Waals surface area contributed by atoms with Crippen LogP contribution in [0.1, 0.15) is 36.0 Å². The van der Waals surface area contributed by atoms with Crippen molar-refractivity contribution in [2.45, 2.75) is 31.2 Å². The van der Waals surface area contributed by atoms with Crippen molar-refractivity contribution in [2.75, 3.05) is 5.32 Å². The van der Waals surface area contributed by atoms with Gasteiger partial charge in [0.15, 0.2) is 0 Å². The first-order chi connectivity index (χ1) is 8.92. The minimum Gasteiger partial charge on any atom is -0.481 e. The van der Waals surface area contributed by atoms with E-state index in [0.29, 0.717) is 16.3 Å². The Bertz CT molecular complexity index is 527. The monoisotopic (exact) mass is 282 g/mol. The number of nitrogens with two attached hydrogens (primary N) is 1. The molecule has 1 aromatic rings. The fourth-order valence-corrected chi connectivity index (χ4v) is 2.53. The molecule has 2 rings (SSSR count). The van der Waals surface area contributed by atoms with Gasteiger partial charge in [0, 0.05) is 16.2 Å². The van der Waals surface area contributed by atoms with E-state index in [2.05, 4.69) is 5.32 Å². The van der Waals surface area contributed by atoms with Crippen molar-refractivity contribution in [3.8, 4) is 0 Å². The molecule has 0 radical (unpaired) electrons. The molecule has 5 nitrogen and oxygen atoms in total. The fraction of sp³-hybridized carbons (Fsp3) is 0.385. The summed E-state index contributed by atoms with van der Waals surface area (Å²) >= 11 is 5.91. The molecule has 1 fully saturated rings. The SMILES string of the molecule is NC(=O)c1ccc(Cl)cc1NC1(CC(=O)O)CCC1. The maximum Gasteiger partial charge on any atom is 0.305 e. The summed E-state index contributed by atoms with van der Waals surface area (Å²) in [5.41, 5.74) is 5.63. The molecular weight excluding hydrogens is 268 g/mol. The van der Waals surface area contributed by atoms with Gasteiger partial charge in [0.25, 0.3) is 5.91 Å². The van der Waals surface area contributed by atoms with Gasteiger partial charge in [0.1, 0.15) is 0 Å². The first-order valence-corrected chi connectivity index (χ1v) is 6.39. The third-order valence-corrected chi connectivity index (χ3v) is 3.68. The molecule has 102 valence electrons. The molecule has 1 aromatic carbocycles. The third kappa shape index (κ3) is 2.98. The van der Waals surface area contributed by atoms with Crippen molar-refractivity contribution in [1.29, 1.82) is 0 Å². The zero-order valence-electron chi connectivity index (χ0n) is 10.3. The van der Waals surface area contributed by atoms with Crippen molar-refractivity contribution >= 4 is 29.2 Å². The van der Waals surface area contributed by atoms with Gasteiger partial charge in [-0.25, -0.2) is 0 Å². The number of halogens is 1. The summed E-state index contributed by atoms with van der Waals surface area (Å²) in [6.07, 6.45) is 2.48. The number of nitrogens with one attached hydrogen (secondary N) is 1. The summed E-state index contributed by atoms with van der Waals surface area (Å²) in [6.45, 7) is 0. The van der Waals surface area contributed by atoms with Crippen LogP contribution in [-0.2, 0) is 4.79 Å². The Labute approximate surface area is 115 Å². The number of amides is 1. The van der Waals surface area contributed by atoms with Crippen LogP contribution in [0.3, 0.4) is 0 Å². The van der Waals surface area contributed by atoms with E-state index in [4.69, 9.17) is 22.4 Å². The first kappa shape index (κ1) is 13.7. The number of carbonyl (C=O) groups is 2. The second-order valence-corrected chi connectivity index (χ2v) is 5.32. The summed E-state index contributed by atoms with van der Waals surface area (Å²) in [4.78, 5) is 22.3. The summed E-state index contributed by atoms with van der Waals surface area (Å²) < 4.78 is 0. The molecule has 0 aliphatic heterocycles.